The molecule has 0 aliphatic rings. The topological polar surface area (TPSA) is 84.7 Å². The summed E-state index contributed by atoms with van der Waals surface area (Å²) in [5.41, 5.74) is 1.49. The van der Waals surface area contributed by atoms with Crippen molar-refractivity contribution in [2.75, 3.05) is 19.1 Å². The van der Waals surface area contributed by atoms with E-state index >= 15 is 0 Å². The first-order valence-electron chi connectivity index (χ1n) is 8.25. The molecular weight excluding hydrogens is 334 g/mol. The lowest BCUT2D eigenvalue weighted by atomic mass is 10.1. The van der Waals surface area contributed by atoms with Crippen LogP contribution in [0.15, 0.2) is 42.5 Å². The van der Waals surface area contributed by atoms with E-state index in [-0.39, 0.29) is 23.2 Å². The van der Waals surface area contributed by atoms with Crippen molar-refractivity contribution in [3.8, 4) is 5.75 Å². The predicted molar refractivity (Wildman–Crippen MR) is 101 cm³/mol. The zero-order valence-electron chi connectivity index (χ0n) is 15.4. The Labute approximate surface area is 152 Å². The van der Waals surface area contributed by atoms with Crippen LogP contribution in [0.1, 0.15) is 29.8 Å². The smallest absolute Gasteiger partial charge is 0.293 e. The molecule has 2 aromatic carbocycles. The first-order chi connectivity index (χ1) is 12.3. The van der Waals surface area contributed by atoms with Gasteiger partial charge >= 0.3 is 0 Å². The molecule has 7 nitrogen and oxygen atoms in total. The van der Waals surface area contributed by atoms with Crippen LogP contribution in [-0.2, 0) is 6.54 Å². The summed E-state index contributed by atoms with van der Waals surface area (Å²) in [6.45, 7) is 4.10. The van der Waals surface area contributed by atoms with Gasteiger partial charge < -0.3 is 15.0 Å². The molecule has 26 heavy (non-hydrogen) atoms. The maximum atomic E-state index is 12.1. The van der Waals surface area contributed by atoms with Gasteiger partial charge in [0.05, 0.1) is 12.0 Å². The Balaban J connectivity index is 2.33. The first kappa shape index (κ1) is 19.2. The van der Waals surface area contributed by atoms with E-state index in [4.69, 9.17) is 4.74 Å². The third-order valence-corrected chi connectivity index (χ3v) is 3.87. The van der Waals surface area contributed by atoms with Gasteiger partial charge in [0.15, 0.2) is 0 Å². The molecule has 0 aromatic heterocycles. The number of nitrogens with one attached hydrogen (secondary N) is 1. The van der Waals surface area contributed by atoms with Crippen LogP contribution in [0.2, 0.25) is 0 Å². The fourth-order valence-electron chi connectivity index (χ4n) is 2.65. The lowest BCUT2D eigenvalue weighted by molar-refractivity contribution is -0.384. The summed E-state index contributed by atoms with van der Waals surface area (Å²) < 4.78 is 5.33. The number of carbonyl (C=O) groups is 1. The van der Waals surface area contributed by atoms with Gasteiger partial charge in [-0.15, -0.1) is 0 Å². The molecule has 0 saturated carbocycles. The van der Waals surface area contributed by atoms with E-state index < -0.39 is 4.92 Å². The Bertz CT molecular complexity index is 805. The minimum absolute atomic E-state index is 0.0468. The standard InChI is InChI=1S/C19H23N3O4/c1-13(2)20-19(23)14-9-10-16(17(11-14)22(24)25)21(3)12-15-7-5-6-8-18(15)26-4/h5-11,13H,12H2,1-4H3,(H,20,23). The Kier molecular flexibility index (Phi) is 6.16. The Hall–Kier alpha value is -3.09. The van der Waals surface area contributed by atoms with E-state index in [1.807, 2.05) is 38.1 Å². The van der Waals surface area contributed by atoms with Crippen molar-refractivity contribution in [2.24, 2.45) is 0 Å². The monoisotopic (exact) mass is 357 g/mol. The molecule has 0 radical (unpaired) electrons. The summed E-state index contributed by atoms with van der Waals surface area (Å²) >= 11 is 0. The summed E-state index contributed by atoms with van der Waals surface area (Å²) in [5.74, 6) is 0.386. The van der Waals surface area contributed by atoms with Gasteiger partial charge in [0.25, 0.3) is 11.6 Å². The van der Waals surface area contributed by atoms with Crippen molar-refractivity contribution in [1.82, 2.24) is 5.32 Å². The Morgan fingerprint density at radius 1 is 1.27 bits per heavy atom. The number of nitro benzene ring substituents is 1. The number of benzene rings is 2. The molecule has 1 amide bonds. The molecular formula is C19H23N3O4. The Morgan fingerprint density at radius 2 is 1.96 bits per heavy atom. The van der Waals surface area contributed by atoms with E-state index in [9.17, 15) is 14.9 Å². The Morgan fingerprint density at radius 3 is 2.58 bits per heavy atom. The van der Waals surface area contributed by atoms with Gasteiger partial charge in [-0.1, -0.05) is 18.2 Å². The highest BCUT2D eigenvalue weighted by Crippen LogP contribution is 2.31. The minimum Gasteiger partial charge on any atom is -0.496 e. The molecule has 2 aromatic rings. The molecule has 0 saturated heterocycles. The molecule has 7 heteroatoms. The minimum atomic E-state index is -0.472. The number of carbonyl (C=O) groups excluding carboxylic acids is 1. The molecule has 0 aliphatic heterocycles. The van der Waals surface area contributed by atoms with Crippen LogP contribution < -0.4 is 15.0 Å². The van der Waals surface area contributed by atoms with Crippen LogP contribution in [0.25, 0.3) is 0 Å². The van der Waals surface area contributed by atoms with Gasteiger partial charge in [-0.2, -0.15) is 0 Å². The molecule has 1 N–H and O–H groups in total. The fraction of sp³-hybridized carbons (Fsp3) is 0.316. The molecule has 0 spiro atoms. The van der Waals surface area contributed by atoms with Crippen molar-refractivity contribution in [1.29, 1.82) is 0 Å². The lowest BCUT2D eigenvalue weighted by Gasteiger charge is -2.21. The summed E-state index contributed by atoms with van der Waals surface area (Å²) in [4.78, 5) is 24.9. The number of nitro groups is 1. The number of nitrogens with zero attached hydrogens (tertiary/aromatic N) is 2. The second kappa shape index (κ2) is 8.33. The number of para-hydroxylation sites is 1. The second-order valence-electron chi connectivity index (χ2n) is 6.26. The summed E-state index contributed by atoms with van der Waals surface area (Å²) in [6, 6.07) is 12.0. The van der Waals surface area contributed by atoms with E-state index in [0.29, 0.717) is 12.2 Å². The number of anilines is 1. The molecule has 0 heterocycles. The van der Waals surface area contributed by atoms with Crippen LogP contribution in [-0.4, -0.2) is 31.0 Å². The van der Waals surface area contributed by atoms with E-state index in [1.54, 1.807) is 31.2 Å². The maximum absolute atomic E-state index is 12.1. The number of amides is 1. The zero-order valence-corrected chi connectivity index (χ0v) is 15.4. The highest BCUT2D eigenvalue weighted by molar-refractivity contribution is 5.95. The third kappa shape index (κ3) is 4.50. The third-order valence-electron chi connectivity index (χ3n) is 3.87. The van der Waals surface area contributed by atoms with Gasteiger partial charge in [-0.3, -0.25) is 14.9 Å². The highest BCUT2D eigenvalue weighted by Gasteiger charge is 2.21. The number of ether oxygens (including phenoxy) is 1. The fourth-order valence-corrected chi connectivity index (χ4v) is 2.65. The highest BCUT2D eigenvalue weighted by atomic mass is 16.6. The van der Waals surface area contributed by atoms with Gasteiger partial charge in [0.1, 0.15) is 11.4 Å². The molecule has 2 rings (SSSR count). The van der Waals surface area contributed by atoms with Crippen molar-refractivity contribution < 1.29 is 14.5 Å². The SMILES string of the molecule is COc1ccccc1CN(C)c1ccc(C(=O)NC(C)C)cc1[N+](=O)[O-]. The predicted octanol–water partition coefficient (Wildman–Crippen LogP) is 3.38. The molecule has 0 fully saturated rings. The van der Waals surface area contributed by atoms with Crippen molar-refractivity contribution in [3.05, 3.63) is 63.7 Å². The van der Waals surface area contributed by atoms with E-state index in [2.05, 4.69) is 5.32 Å². The second-order valence-corrected chi connectivity index (χ2v) is 6.26. The van der Waals surface area contributed by atoms with Crippen LogP contribution >= 0.6 is 0 Å². The molecule has 138 valence electrons. The van der Waals surface area contributed by atoms with E-state index in [0.717, 1.165) is 11.3 Å². The van der Waals surface area contributed by atoms with Gasteiger partial charge in [0.2, 0.25) is 0 Å². The summed E-state index contributed by atoms with van der Waals surface area (Å²) in [7, 11) is 3.35. The van der Waals surface area contributed by atoms with Crippen molar-refractivity contribution in [2.45, 2.75) is 26.4 Å². The normalized spacial score (nSPS) is 10.5. The number of hydrogen-bond acceptors (Lipinski definition) is 5. The molecule has 0 aliphatic carbocycles. The number of methoxy groups -OCH3 is 1. The van der Waals surface area contributed by atoms with Crippen LogP contribution in [0.3, 0.4) is 0 Å². The molecule has 0 bridgehead atoms. The van der Waals surface area contributed by atoms with Crippen LogP contribution in [0.5, 0.6) is 5.75 Å². The van der Waals surface area contributed by atoms with Gasteiger partial charge in [0, 0.05) is 36.8 Å². The lowest BCUT2D eigenvalue weighted by Crippen LogP contribution is -2.30. The van der Waals surface area contributed by atoms with Gasteiger partial charge in [-0.05, 0) is 32.0 Å². The molecule has 0 atom stereocenters. The number of hydrogen-bond donors (Lipinski definition) is 1. The zero-order chi connectivity index (χ0) is 19.3. The summed E-state index contributed by atoms with van der Waals surface area (Å²) in [6.07, 6.45) is 0. The van der Waals surface area contributed by atoms with E-state index in [1.165, 1.54) is 6.07 Å². The van der Waals surface area contributed by atoms with Crippen LogP contribution in [0.4, 0.5) is 11.4 Å². The molecule has 0 unspecified atom stereocenters. The number of rotatable bonds is 7. The summed E-state index contributed by atoms with van der Waals surface area (Å²) in [5, 5.41) is 14.3. The average molecular weight is 357 g/mol. The maximum Gasteiger partial charge on any atom is 0.293 e. The van der Waals surface area contributed by atoms with Crippen LogP contribution in [0, 0.1) is 10.1 Å². The van der Waals surface area contributed by atoms with Crippen molar-refractivity contribution in [3.63, 3.8) is 0 Å². The van der Waals surface area contributed by atoms with Crippen molar-refractivity contribution >= 4 is 17.3 Å². The largest absolute Gasteiger partial charge is 0.496 e. The average Bonchev–Trinajstić information content (AvgIpc) is 2.60. The first-order valence-corrected chi connectivity index (χ1v) is 8.25. The van der Waals surface area contributed by atoms with Gasteiger partial charge in [-0.25, -0.2) is 0 Å². The quantitative estimate of drug-likeness (QED) is 0.606.